The van der Waals surface area contributed by atoms with Crippen LogP contribution in [-0.4, -0.2) is 64.0 Å². The second-order valence-electron chi connectivity index (χ2n) is 8.04. The summed E-state index contributed by atoms with van der Waals surface area (Å²) >= 11 is 0. The number of rotatable bonds is 5. The van der Waals surface area contributed by atoms with E-state index in [1.54, 1.807) is 11.8 Å². The molecule has 0 spiro atoms. The van der Waals surface area contributed by atoms with E-state index < -0.39 is 0 Å². The number of benzene rings is 2. The number of hydrogen-bond donors (Lipinski definition) is 0. The van der Waals surface area contributed by atoms with Gasteiger partial charge >= 0.3 is 0 Å². The molecule has 0 unspecified atom stereocenters. The van der Waals surface area contributed by atoms with Crippen molar-refractivity contribution in [2.24, 2.45) is 0 Å². The molecule has 7 heteroatoms. The highest BCUT2D eigenvalue weighted by Gasteiger charge is 2.25. The minimum atomic E-state index is -0.0392. The van der Waals surface area contributed by atoms with Crippen LogP contribution in [0.5, 0.6) is 5.75 Å². The summed E-state index contributed by atoms with van der Waals surface area (Å²) in [5.74, 6) is 0.827. The molecule has 162 valence electrons. The lowest BCUT2D eigenvalue weighted by Crippen LogP contribution is -2.35. The maximum Gasteiger partial charge on any atom is 0.276 e. The topological polar surface area (TPSA) is 63.5 Å². The lowest BCUT2D eigenvalue weighted by molar-refractivity contribution is 0.0754. The summed E-state index contributed by atoms with van der Waals surface area (Å²) in [4.78, 5) is 17.5. The molecule has 0 aliphatic carbocycles. The number of carbonyl (C=O) groups excluding carboxylic acids is 1. The third kappa shape index (κ3) is 4.77. The number of aromatic nitrogens is 3. The van der Waals surface area contributed by atoms with Crippen LogP contribution in [-0.2, 0) is 6.54 Å². The van der Waals surface area contributed by atoms with Gasteiger partial charge in [-0.3, -0.25) is 9.69 Å². The summed E-state index contributed by atoms with van der Waals surface area (Å²) in [6, 6.07) is 16.2. The zero-order chi connectivity index (χ0) is 21.8. The maximum absolute atomic E-state index is 13.2. The number of aryl methyl sites for hydroxylation is 1. The highest BCUT2D eigenvalue weighted by Crippen LogP contribution is 2.17. The number of hydrogen-bond acceptors (Lipinski definition) is 5. The second kappa shape index (κ2) is 9.31. The number of methoxy groups -OCH3 is 1. The van der Waals surface area contributed by atoms with E-state index in [1.165, 1.54) is 5.56 Å². The smallest absolute Gasteiger partial charge is 0.276 e. The quantitative estimate of drug-likeness (QED) is 0.635. The third-order valence-corrected chi connectivity index (χ3v) is 5.78. The molecule has 4 rings (SSSR count). The molecule has 2 aromatic carbocycles. The predicted molar refractivity (Wildman–Crippen MR) is 120 cm³/mol. The van der Waals surface area contributed by atoms with Crippen molar-refractivity contribution >= 4 is 5.91 Å². The number of nitrogens with zero attached hydrogens (tertiary/aromatic N) is 5. The summed E-state index contributed by atoms with van der Waals surface area (Å²) < 4.78 is 6.98. The molecule has 0 N–H and O–H groups in total. The molecular weight excluding hydrogens is 390 g/mol. The van der Waals surface area contributed by atoms with Gasteiger partial charge in [-0.2, -0.15) is 0 Å². The summed E-state index contributed by atoms with van der Waals surface area (Å²) in [7, 11) is 1.68. The monoisotopic (exact) mass is 419 g/mol. The van der Waals surface area contributed by atoms with E-state index in [2.05, 4.69) is 27.3 Å². The SMILES string of the molecule is COc1ccc(CN2CCCN(C(=O)c3nnn(-c4cccc(C)c4)c3C)CC2)cc1. The molecule has 0 radical (unpaired) electrons. The van der Waals surface area contributed by atoms with E-state index >= 15 is 0 Å². The molecular formula is C24H29N5O2. The van der Waals surface area contributed by atoms with Gasteiger partial charge in [-0.15, -0.1) is 5.10 Å². The average molecular weight is 420 g/mol. The Morgan fingerprint density at radius 3 is 2.58 bits per heavy atom. The van der Waals surface area contributed by atoms with Crippen molar-refractivity contribution < 1.29 is 9.53 Å². The molecule has 1 aliphatic heterocycles. The van der Waals surface area contributed by atoms with Gasteiger partial charge in [-0.05, 0) is 55.7 Å². The third-order valence-electron chi connectivity index (χ3n) is 5.78. The molecule has 1 saturated heterocycles. The summed E-state index contributed by atoms with van der Waals surface area (Å²) in [5, 5.41) is 8.48. The van der Waals surface area contributed by atoms with Gasteiger partial charge in [0.25, 0.3) is 5.91 Å². The molecule has 1 fully saturated rings. The first-order chi connectivity index (χ1) is 15.0. The lowest BCUT2D eigenvalue weighted by atomic mass is 10.2. The standard InChI is InChI=1S/C24H29N5O2/c1-18-6-4-7-21(16-18)29-19(2)23(25-26-29)24(30)28-13-5-12-27(14-15-28)17-20-8-10-22(31-3)11-9-20/h4,6-11,16H,5,12-15,17H2,1-3H3. The van der Waals surface area contributed by atoms with Crippen LogP contribution < -0.4 is 4.74 Å². The molecule has 31 heavy (non-hydrogen) atoms. The number of carbonyl (C=O) groups is 1. The summed E-state index contributed by atoms with van der Waals surface area (Å²) in [6.07, 6.45) is 0.937. The molecule has 0 atom stereocenters. The van der Waals surface area contributed by atoms with Crippen LogP contribution in [0.25, 0.3) is 5.69 Å². The normalized spacial score (nSPS) is 15.0. The van der Waals surface area contributed by atoms with Gasteiger partial charge in [0.05, 0.1) is 18.5 Å². The fraction of sp³-hybridized carbons (Fsp3) is 0.375. The van der Waals surface area contributed by atoms with Gasteiger partial charge in [-0.25, -0.2) is 4.68 Å². The van der Waals surface area contributed by atoms with Crippen molar-refractivity contribution in [3.63, 3.8) is 0 Å². The van der Waals surface area contributed by atoms with Crippen LogP contribution in [0.2, 0.25) is 0 Å². The fourth-order valence-corrected chi connectivity index (χ4v) is 4.00. The van der Waals surface area contributed by atoms with Crippen molar-refractivity contribution in [2.45, 2.75) is 26.8 Å². The molecule has 1 aliphatic rings. The summed E-state index contributed by atoms with van der Waals surface area (Å²) in [6.45, 7) is 8.03. The Bertz CT molecular complexity index is 1040. The number of ether oxygens (including phenoxy) is 1. The van der Waals surface area contributed by atoms with Gasteiger partial charge in [0.1, 0.15) is 5.75 Å². The van der Waals surface area contributed by atoms with Crippen molar-refractivity contribution in [3.05, 3.63) is 71.0 Å². The molecule has 3 aromatic rings. The first-order valence-electron chi connectivity index (χ1n) is 10.7. The Labute approximate surface area is 183 Å². The average Bonchev–Trinajstić information content (AvgIpc) is 3.01. The highest BCUT2D eigenvalue weighted by atomic mass is 16.5. The minimum Gasteiger partial charge on any atom is -0.497 e. The molecule has 1 amide bonds. The van der Waals surface area contributed by atoms with E-state index in [4.69, 9.17) is 4.74 Å². The Morgan fingerprint density at radius 1 is 1.03 bits per heavy atom. The van der Waals surface area contributed by atoms with Gasteiger partial charge in [0.2, 0.25) is 0 Å². The zero-order valence-corrected chi connectivity index (χ0v) is 18.4. The molecule has 1 aromatic heterocycles. The Hall–Kier alpha value is -3.19. The van der Waals surface area contributed by atoms with Crippen molar-refractivity contribution in [2.75, 3.05) is 33.3 Å². The van der Waals surface area contributed by atoms with Crippen LogP contribution in [0.4, 0.5) is 0 Å². The molecule has 7 nitrogen and oxygen atoms in total. The zero-order valence-electron chi connectivity index (χ0n) is 18.4. The molecule has 0 saturated carbocycles. The molecule has 2 heterocycles. The summed E-state index contributed by atoms with van der Waals surface area (Å²) in [5.41, 5.74) is 4.52. The van der Waals surface area contributed by atoms with Crippen molar-refractivity contribution in [1.82, 2.24) is 24.8 Å². The van der Waals surface area contributed by atoms with E-state index in [9.17, 15) is 4.79 Å². The van der Waals surface area contributed by atoms with E-state index in [0.29, 0.717) is 12.2 Å². The van der Waals surface area contributed by atoms with E-state index in [1.807, 2.05) is 55.1 Å². The first-order valence-corrected chi connectivity index (χ1v) is 10.7. The second-order valence-corrected chi connectivity index (χ2v) is 8.04. The highest BCUT2D eigenvalue weighted by molar-refractivity contribution is 5.93. The van der Waals surface area contributed by atoms with E-state index in [0.717, 1.165) is 55.3 Å². The molecule has 0 bridgehead atoms. The Kier molecular flexibility index (Phi) is 6.32. The Balaban J connectivity index is 1.42. The van der Waals surface area contributed by atoms with Crippen molar-refractivity contribution in [3.8, 4) is 11.4 Å². The van der Waals surface area contributed by atoms with Crippen LogP contribution in [0.1, 0.15) is 33.7 Å². The number of amides is 1. The van der Waals surface area contributed by atoms with Crippen LogP contribution in [0.15, 0.2) is 48.5 Å². The van der Waals surface area contributed by atoms with Crippen molar-refractivity contribution in [1.29, 1.82) is 0 Å². The van der Waals surface area contributed by atoms with Gasteiger partial charge in [0, 0.05) is 32.7 Å². The van der Waals surface area contributed by atoms with Crippen LogP contribution >= 0.6 is 0 Å². The maximum atomic E-state index is 13.2. The largest absolute Gasteiger partial charge is 0.497 e. The Morgan fingerprint density at radius 2 is 1.84 bits per heavy atom. The van der Waals surface area contributed by atoms with Crippen LogP contribution in [0, 0.1) is 13.8 Å². The van der Waals surface area contributed by atoms with Gasteiger partial charge < -0.3 is 9.64 Å². The fourth-order valence-electron chi connectivity index (χ4n) is 4.00. The van der Waals surface area contributed by atoms with Gasteiger partial charge in [-0.1, -0.05) is 29.5 Å². The first kappa shape index (κ1) is 21.1. The van der Waals surface area contributed by atoms with E-state index in [-0.39, 0.29) is 5.91 Å². The van der Waals surface area contributed by atoms with Gasteiger partial charge in [0.15, 0.2) is 5.69 Å². The van der Waals surface area contributed by atoms with Crippen LogP contribution in [0.3, 0.4) is 0 Å². The minimum absolute atomic E-state index is 0.0392. The lowest BCUT2D eigenvalue weighted by Gasteiger charge is -2.21. The predicted octanol–water partition coefficient (Wildman–Crippen LogP) is 3.24.